The Hall–Kier alpha value is -0.600. The Morgan fingerprint density at radius 3 is 2.62 bits per heavy atom. The second-order valence-corrected chi connectivity index (χ2v) is 4.97. The van der Waals surface area contributed by atoms with Crippen molar-refractivity contribution in [2.75, 3.05) is 0 Å². The van der Waals surface area contributed by atoms with Crippen LogP contribution in [-0.4, -0.2) is 6.04 Å². The predicted octanol–water partition coefficient (Wildman–Crippen LogP) is 3.79. The Kier molecular flexibility index (Phi) is 5.23. The molecule has 0 heterocycles. The Labute approximate surface area is 102 Å². The SMILES string of the molecule is CC(C)C(N)CCCc1ccc(Cl)cc1F. The summed E-state index contributed by atoms with van der Waals surface area (Å²) in [6.07, 6.45) is 2.57. The number of rotatable bonds is 5. The molecule has 0 saturated heterocycles. The summed E-state index contributed by atoms with van der Waals surface area (Å²) in [6.45, 7) is 4.21. The van der Waals surface area contributed by atoms with Crippen molar-refractivity contribution in [3.05, 3.63) is 34.6 Å². The lowest BCUT2D eigenvalue weighted by Gasteiger charge is -2.15. The van der Waals surface area contributed by atoms with E-state index in [-0.39, 0.29) is 11.9 Å². The summed E-state index contributed by atoms with van der Waals surface area (Å²) in [5, 5.41) is 0.445. The Morgan fingerprint density at radius 2 is 2.06 bits per heavy atom. The van der Waals surface area contributed by atoms with Gasteiger partial charge in [-0.05, 0) is 42.9 Å². The van der Waals surface area contributed by atoms with Crippen molar-refractivity contribution >= 4 is 11.6 Å². The van der Waals surface area contributed by atoms with Crippen LogP contribution in [0.1, 0.15) is 32.3 Å². The molecule has 0 amide bonds. The zero-order chi connectivity index (χ0) is 12.1. The highest BCUT2D eigenvalue weighted by atomic mass is 35.5. The topological polar surface area (TPSA) is 26.0 Å². The van der Waals surface area contributed by atoms with E-state index >= 15 is 0 Å². The van der Waals surface area contributed by atoms with Crippen LogP contribution >= 0.6 is 11.6 Å². The van der Waals surface area contributed by atoms with Crippen LogP contribution in [0.5, 0.6) is 0 Å². The molecule has 0 aliphatic heterocycles. The van der Waals surface area contributed by atoms with Gasteiger partial charge in [0.05, 0.1) is 0 Å². The number of hydrogen-bond donors (Lipinski definition) is 1. The van der Waals surface area contributed by atoms with Gasteiger partial charge in [-0.25, -0.2) is 4.39 Å². The van der Waals surface area contributed by atoms with Crippen molar-refractivity contribution in [2.45, 2.75) is 39.2 Å². The van der Waals surface area contributed by atoms with E-state index < -0.39 is 0 Å². The summed E-state index contributed by atoms with van der Waals surface area (Å²) in [6, 6.07) is 5.04. The average molecular weight is 244 g/mol. The fraction of sp³-hybridized carbons (Fsp3) is 0.538. The van der Waals surface area contributed by atoms with Crippen LogP contribution in [0, 0.1) is 11.7 Å². The molecule has 16 heavy (non-hydrogen) atoms. The van der Waals surface area contributed by atoms with E-state index in [1.54, 1.807) is 12.1 Å². The van der Waals surface area contributed by atoms with E-state index in [4.69, 9.17) is 17.3 Å². The molecule has 2 N–H and O–H groups in total. The second kappa shape index (κ2) is 6.21. The molecule has 0 radical (unpaired) electrons. The van der Waals surface area contributed by atoms with Crippen molar-refractivity contribution in [3.63, 3.8) is 0 Å². The largest absolute Gasteiger partial charge is 0.327 e. The molecule has 1 aromatic rings. The van der Waals surface area contributed by atoms with Crippen LogP contribution in [-0.2, 0) is 6.42 Å². The van der Waals surface area contributed by atoms with Crippen molar-refractivity contribution < 1.29 is 4.39 Å². The van der Waals surface area contributed by atoms with Crippen molar-refractivity contribution in [3.8, 4) is 0 Å². The third-order valence-corrected chi connectivity index (χ3v) is 3.09. The predicted molar refractivity (Wildman–Crippen MR) is 67.2 cm³/mol. The van der Waals surface area contributed by atoms with E-state index in [2.05, 4.69) is 13.8 Å². The first-order valence-corrected chi connectivity index (χ1v) is 6.08. The molecule has 0 spiro atoms. The highest BCUT2D eigenvalue weighted by Gasteiger charge is 2.08. The minimum absolute atomic E-state index is 0.204. The second-order valence-electron chi connectivity index (χ2n) is 4.54. The maximum Gasteiger partial charge on any atom is 0.127 e. The molecule has 0 fully saturated rings. The first kappa shape index (κ1) is 13.5. The molecule has 1 aromatic carbocycles. The van der Waals surface area contributed by atoms with Gasteiger partial charge in [0.1, 0.15) is 5.82 Å². The lowest BCUT2D eigenvalue weighted by Crippen LogP contribution is -2.26. The van der Waals surface area contributed by atoms with Gasteiger partial charge in [-0.15, -0.1) is 0 Å². The van der Waals surface area contributed by atoms with Crippen LogP contribution in [0.25, 0.3) is 0 Å². The summed E-state index contributed by atoms with van der Waals surface area (Å²) in [4.78, 5) is 0. The van der Waals surface area contributed by atoms with Gasteiger partial charge in [-0.1, -0.05) is 31.5 Å². The van der Waals surface area contributed by atoms with Gasteiger partial charge in [0.25, 0.3) is 0 Å². The molecule has 3 heteroatoms. The molecule has 1 nitrogen and oxygen atoms in total. The molecule has 0 bridgehead atoms. The lowest BCUT2D eigenvalue weighted by molar-refractivity contribution is 0.450. The standard InChI is InChI=1S/C13H19ClFN/c1-9(2)13(16)5-3-4-10-6-7-11(14)8-12(10)15/h6-9,13H,3-5,16H2,1-2H3. The number of benzene rings is 1. The number of nitrogens with two attached hydrogens (primary N) is 1. The smallest absolute Gasteiger partial charge is 0.127 e. The van der Waals surface area contributed by atoms with Gasteiger partial charge in [0.15, 0.2) is 0 Å². The third-order valence-electron chi connectivity index (χ3n) is 2.85. The zero-order valence-corrected chi connectivity index (χ0v) is 10.6. The first-order valence-electron chi connectivity index (χ1n) is 5.70. The van der Waals surface area contributed by atoms with Crippen molar-refractivity contribution in [2.24, 2.45) is 11.7 Å². The summed E-state index contributed by atoms with van der Waals surface area (Å²) in [7, 11) is 0. The molecule has 0 saturated carbocycles. The van der Waals surface area contributed by atoms with Gasteiger partial charge >= 0.3 is 0 Å². The molecular formula is C13H19ClFN. The number of hydrogen-bond acceptors (Lipinski definition) is 1. The molecular weight excluding hydrogens is 225 g/mol. The van der Waals surface area contributed by atoms with Gasteiger partial charge in [-0.2, -0.15) is 0 Å². The molecule has 1 unspecified atom stereocenters. The van der Waals surface area contributed by atoms with Crippen LogP contribution in [0.4, 0.5) is 4.39 Å². The average Bonchev–Trinajstić information content (AvgIpc) is 2.20. The highest BCUT2D eigenvalue weighted by molar-refractivity contribution is 6.30. The lowest BCUT2D eigenvalue weighted by atomic mass is 9.97. The van der Waals surface area contributed by atoms with Crippen LogP contribution in [0.2, 0.25) is 5.02 Å². The molecule has 1 rings (SSSR count). The Balaban J connectivity index is 2.43. The Bertz CT molecular complexity index is 339. The van der Waals surface area contributed by atoms with Gasteiger partial charge in [0, 0.05) is 11.1 Å². The first-order chi connectivity index (χ1) is 7.50. The highest BCUT2D eigenvalue weighted by Crippen LogP contribution is 2.17. The third kappa shape index (κ3) is 4.11. The molecule has 0 aliphatic rings. The van der Waals surface area contributed by atoms with Crippen LogP contribution in [0.3, 0.4) is 0 Å². The molecule has 0 aliphatic carbocycles. The van der Waals surface area contributed by atoms with Gasteiger partial charge in [0.2, 0.25) is 0 Å². The summed E-state index contributed by atoms with van der Waals surface area (Å²) < 4.78 is 13.4. The van der Waals surface area contributed by atoms with E-state index in [1.165, 1.54) is 6.07 Å². The fourth-order valence-corrected chi connectivity index (χ4v) is 1.74. The number of halogens is 2. The monoisotopic (exact) mass is 243 g/mol. The molecule has 0 aromatic heterocycles. The molecule has 1 atom stereocenters. The van der Waals surface area contributed by atoms with Crippen molar-refractivity contribution in [1.82, 2.24) is 0 Å². The fourth-order valence-electron chi connectivity index (χ4n) is 1.59. The molecule has 90 valence electrons. The van der Waals surface area contributed by atoms with E-state index in [1.807, 2.05) is 0 Å². The van der Waals surface area contributed by atoms with E-state index in [0.29, 0.717) is 10.9 Å². The summed E-state index contributed by atoms with van der Waals surface area (Å²) in [5.74, 6) is 0.265. The van der Waals surface area contributed by atoms with Crippen molar-refractivity contribution in [1.29, 1.82) is 0 Å². The zero-order valence-electron chi connectivity index (χ0n) is 9.84. The van der Waals surface area contributed by atoms with Crippen LogP contribution in [0.15, 0.2) is 18.2 Å². The summed E-state index contributed by atoms with van der Waals surface area (Å²) in [5.41, 5.74) is 6.65. The maximum absolute atomic E-state index is 13.4. The summed E-state index contributed by atoms with van der Waals surface area (Å²) >= 11 is 5.68. The normalized spacial score (nSPS) is 13.1. The number of aryl methyl sites for hydroxylation is 1. The quantitative estimate of drug-likeness (QED) is 0.837. The maximum atomic E-state index is 13.4. The minimum atomic E-state index is -0.217. The Morgan fingerprint density at radius 1 is 1.38 bits per heavy atom. The van der Waals surface area contributed by atoms with Gasteiger partial charge in [-0.3, -0.25) is 0 Å². The van der Waals surface area contributed by atoms with E-state index in [9.17, 15) is 4.39 Å². The van der Waals surface area contributed by atoms with Crippen LogP contribution < -0.4 is 5.73 Å². The minimum Gasteiger partial charge on any atom is -0.327 e. The van der Waals surface area contributed by atoms with E-state index in [0.717, 1.165) is 24.8 Å². The van der Waals surface area contributed by atoms with Gasteiger partial charge < -0.3 is 5.73 Å².